The summed E-state index contributed by atoms with van der Waals surface area (Å²) in [5, 5.41) is 13.6. The van der Waals surface area contributed by atoms with E-state index in [2.05, 4.69) is 10.1 Å². The van der Waals surface area contributed by atoms with Gasteiger partial charge in [0.15, 0.2) is 5.69 Å². The first-order valence-corrected chi connectivity index (χ1v) is 6.90. The van der Waals surface area contributed by atoms with Crippen LogP contribution < -0.4 is 0 Å². The second-order valence-electron chi connectivity index (χ2n) is 5.10. The predicted octanol–water partition coefficient (Wildman–Crippen LogP) is 2.43. The maximum Gasteiger partial charge on any atom is 0.356 e. The van der Waals surface area contributed by atoms with E-state index in [0.717, 1.165) is 37.1 Å². The Morgan fingerprint density at radius 1 is 1.50 bits per heavy atom. The monoisotopic (exact) mass is 291 g/mol. The highest BCUT2D eigenvalue weighted by molar-refractivity contribution is 6.29. The van der Waals surface area contributed by atoms with Gasteiger partial charge in [-0.2, -0.15) is 5.10 Å². The Bertz CT molecular complexity index is 636. The molecule has 0 fully saturated rings. The first-order valence-electron chi connectivity index (χ1n) is 6.52. The lowest BCUT2D eigenvalue weighted by Crippen LogP contribution is -2.21. The van der Waals surface area contributed by atoms with Gasteiger partial charge in [0.25, 0.3) is 0 Å². The molecular weight excluding hydrogens is 278 g/mol. The first kappa shape index (κ1) is 13.1. The summed E-state index contributed by atoms with van der Waals surface area (Å²) in [7, 11) is 0. The zero-order chi connectivity index (χ0) is 14.1. The number of hydrogen-bond acceptors (Lipinski definition) is 3. The fourth-order valence-electron chi connectivity index (χ4n) is 2.66. The molecule has 1 N–H and O–H groups in total. The average molecular weight is 292 g/mol. The zero-order valence-corrected chi connectivity index (χ0v) is 11.5. The van der Waals surface area contributed by atoms with Crippen LogP contribution in [0.1, 0.15) is 28.2 Å². The molecule has 1 atom stereocenters. The van der Waals surface area contributed by atoms with Gasteiger partial charge in [-0.05, 0) is 42.9 Å². The maximum absolute atomic E-state index is 10.9. The van der Waals surface area contributed by atoms with Crippen LogP contribution in [0.4, 0.5) is 0 Å². The Kier molecular flexibility index (Phi) is 3.44. The molecule has 0 bridgehead atoms. The molecule has 2 aromatic rings. The zero-order valence-electron chi connectivity index (χ0n) is 10.8. The molecule has 3 heterocycles. The number of hydrogen-bond donors (Lipinski definition) is 1. The average Bonchev–Trinajstić information content (AvgIpc) is 2.85. The normalized spacial score (nSPS) is 17.8. The van der Waals surface area contributed by atoms with Crippen molar-refractivity contribution in [3.05, 3.63) is 46.5 Å². The van der Waals surface area contributed by atoms with Crippen LogP contribution in [-0.2, 0) is 19.4 Å². The van der Waals surface area contributed by atoms with Crippen LogP contribution in [0.25, 0.3) is 0 Å². The Morgan fingerprint density at radius 2 is 2.35 bits per heavy atom. The third kappa shape index (κ3) is 2.67. The van der Waals surface area contributed by atoms with Crippen LogP contribution in [0.2, 0.25) is 5.15 Å². The van der Waals surface area contributed by atoms with Gasteiger partial charge >= 0.3 is 5.97 Å². The van der Waals surface area contributed by atoms with Crippen LogP contribution in [0.15, 0.2) is 24.4 Å². The van der Waals surface area contributed by atoms with Crippen molar-refractivity contribution in [2.75, 3.05) is 0 Å². The van der Waals surface area contributed by atoms with Crippen LogP contribution in [0, 0.1) is 5.92 Å². The largest absolute Gasteiger partial charge is 0.476 e. The predicted molar refractivity (Wildman–Crippen MR) is 73.9 cm³/mol. The molecule has 0 saturated heterocycles. The highest BCUT2D eigenvalue weighted by Gasteiger charge is 2.22. The van der Waals surface area contributed by atoms with Gasteiger partial charge in [-0.3, -0.25) is 4.68 Å². The van der Waals surface area contributed by atoms with E-state index >= 15 is 0 Å². The van der Waals surface area contributed by atoms with Crippen molar-refractivity contribution in [3.8, 4) is 0 Å². The van der Waals surface area contributed by atoms with Gasteiger partial charge < -0.3 is 5.11 Å². The Labute approximate surface area is 121 Å². The Balaban J connectivity index is 1.72. The summed E-state index contributed by atoms with van der Waals surface area (Å²) >= 11 is 5.78. The molecule has 0 aromatic carbocycles. The molecule has 2 aromatic heterocycles. The van der Waals surface area contributed by atoms with E-state index in [0.29, 0.717) is 11.1 Å². The SMILES string of the molecule is O=C(O)c1cc2n(n1)CCC(Cc1ccc(Cl)nc1)C2. The van der Waals surface area contributed by atoms with Crippen molar-refractivity contribution < 1.29 is 9.90 Å². The molecule has 0 amide bonds. The molecule has 6 heteroatoms. The van der Waals surface area contributed by atoms with E-state index in [1.54, 1.807) is 23.0 Å². The molecule has 0 radical (unpaired) electrons. The fourth-order valence-corrected chi connectivity index (χ4v) is 2.77. The van der Waals surface area contributed by atoms with E-state index in [-0.39, 0.29) is 5.69 Å². The number of aryl methyl sites for hydroxylation is 1. The number of fused-ring (bicyclic) bond motifs is 1. The third-order valence-electron chi connectivity index (χ3n) is 3.64. The van der Waals surface area contributed by atoms with Crippen molar-refractivity contribution in [1.29, 1.82) is 0 Å². The number of carboxylic acid groups (broad SMARTS) is 1. The highest BCUT2D eigenvalue weighted by Crippen LogP contribution is 2.24. The van der Waals surface area contributed by atoms with Gasteiger partial charge in [-0.15, -0.1) is 0 Å². The van der Waals surface area contributed by atoms with E-state index in [1.165, 1.54) is 0 Å². The maximum atomic E-state index is 10.9. The second kappa shape index (κ2) is 5.25. The summed E-state index contributed by atoms with van der Waals surface area (Å²) in [4.78, 5) is 15.0. The lowest BCUT2D eigenvalue weighted by Gasteiger charge is -2.23. The number of carboxylic acids is 1. The molecule has 0 aliphatic carbocycles. The molecule has 0 spiro atoms. The molecule has 1 unspecified atom stereocenters. The van der Waals surface area contributed by atoms with E-state index in [1.807, 2.05) is 6.07 Å². The minimum absolute atomic E-state index is 0.133. The summed E-state index contributed by atoms with van der Waals surface area (Å²) in [5.74, 6) is -0.478. The van der Waals surface area contributed by atoms with Gasteiger partial charge in [0, 0.05) is 18.4 Å². The number of halogens is 1. The minimum atomic E-state index is -0.967. The molecular formula is C14H14ClN3O2. The second-order valence-corrected chi connectivity index (χ2v) is 5.49. The molecule has 3 rings (SSSR count). The Morgan fingerprint density at radius 3 is 3.05 bits per heavy atom. The Hall–Kier alpha value is -1.88. The standard InChI is InChI=1S/C14H14ClN3O2/c15-13-2-1-10(8-16-13)5-9-3-4-18-11(6-9)7-12(17-18)14(19)20/h1-2,7-9H,3-6H2,(H,19,20). The fraction of sp³-hybridized carbons (Fsp3) is 0.357. The molecule has 5 nitrogen and oxygen atoms in total. The molecule has 20 heavy (non-hydrogen) atoms. The van der Waals surface area contributed by atoms with Crippen LogP contribution >= 0.6 is 11.6 Å². The molecule has 1 aliphatic heterocycles. The smallest absolute Gasteiger partial charge is 0.356 e. The number of rotatable bonds is 3. The molecule has 0 saturated carbocycles. The summed E-state index contributed by atoms with van der Waals surface area (Å²) in [6, 6.07) is 5.46. The van der Waals surface area contributed by atoms with E-state index in [9.17, 15) is 4.79 Å². The third-order valence-corrected chi connectivity index (χ3v) is 3.87. The topological polar surface area (TPSA) is 68.0 Å². The van der Waals surface area contributed by atoms with Gasteiger partial charge in [0.2, 0.25) is 0 Å². The van der Waals surface area contributed by atoms with Gasteiger partial charge in [0.1, 0.15) is 5.15 Å². The lowest BCUT2D eigenvalue weighted by molar-refractivity contribution is 0.0689. The molecule has 104 valence electrons. The lowest BCUT2D eigenvalue weighted by atomic mass is 9.90. The van der Waals surface area contributed by atoms with Crippen molar-refractivity contribution >= 4 is 17.6 Å². The summed E-state index contributed by atoms with van der Waals surface area (Å²) in [6.07, 6.45) is 4.58. The quantitative estimate of drug-likeness (QED) is 0.882. The summed E-state index contributed by atoms with van der Waals surface area (Å²) < 4.78 is 1.81. The summed E-state index contributed by atoms with van der Waals surface area (Å²) in [5.41, 5.74) is 2.29. The highest BCUT2D eigenvalue weighted by atomic mass is 35.5. The van der Waals surface area contributed by atoms with Gasteiger partial charge in [-0.25, -0.2) is 9.78 Å². The van der Waals surface area contributed by atoms with Gasteiger partial charge in [-0.1, -0.05) is 17.7 Å². The number of aromatic nitrogens is 3. The van der Waals surface area contributed by atoms with Crippen molar-refractivity contribution in [2.24, 2.45) is 5.92 Å². The number of nitrogens with zero attached hydrogens (tertiary/aromatic N) is 3. The molecule has 1 aliphatic rings. The number of aromatic carboxylic acids is 1. The van der Waals surface area contributed by atoms with E-state index in [4.69, 9.17) is 16.7 Å². The van der Waals surface area contributed by atoms with Crippen LogP contribution in [-0.4, -0.2) is 25.8 Å². The van der Waals surface area contributed by atoms with Gasteiger partial charge in [0.05, 0.1) is 0 Å². The van der Waals surface area contributed by atoms with Crippen molar-refractivity contribution in [1.82, 2.24) is 14.8 Å². The van der Waals surface area contributed by atoms with Crippen LogP contribution in [0.3, 0.4) is 0 Å². The first-order chi connectivity index (χ1) is 9.61. The van der Waals surface area contributed by atoms with Crippen molar-refractivity contribution in [2.45, 2.75) is 25.8 Å². The van der Waals surface area contributed by atoms with E-state index < -0.39 is 5.97 Å². The van der Waals surface area contributed by atoms with Crippen molar-refractivity contribution in [3.63, 3.8) is 0 Å². The minimum Gasteiger partial charge on any atom is -0.476 e. The number of pyridine rings is 1. The number of carbonyl (C=O) groups is 1. The summed E-state index contributed by atoms with van der Waals surface area (Å²) in [6.45, 7) is 0.772. The van der Waals surface area contributed by atoms with Crippen LogP contribution in [0.5, 0.6) is 0 Å².